The van der Waals surface area contributed by atoms with Crippen LogP contribution in [0.15, 0.2) is 36.4 Å². The maximum atomic E-state index is 5.49. The van der Waals surface area contributed by atoms with Crippen molar-refractivity contribution in [1.82, 2.24) is 0 Å². The van der Waals surface area contributed by atoms with Gasteiger partial charge in [0.2, 0.25) is 0 Å². The van der Waals surface area contributed by atoms with Gasteiger partial charge in [0.05, 0.1) is 13.2 Å². The molecular weight excluding hydrogens is 252 g/mol. The van der Waals surface area contributed by atoms with E-state index in [1.54, 1.807) is 0 Å². The molecular formula is C13H17BrO. The highest BCUT2D eigenvalue weighted by Crippen LogP contribution is 2.02. The van der Waals surface area contributed by atoms with Gasteiger partial charge >= 0.3 is 0 Å². The number of alkyl halides is 1. The molecule has 0 aliphatic carbocycles. The third kappa shape index (κ3) is 5.75. The Hall–Kier alpha value is -0.600. The minimum Gasteiger partial charge on any atom is -0.377 e. The number of hydrogen-bond acceptors (Lipinski definition) is 1. The van der Waals surface area contributed by atoms with Crippen LogP contribution in [-0.4, -0.2) is 18.5 Å². The summed E-state index contributed by atoms with van der Waals surface area (Å²) in [5.41, 5.74) is 1.22. The normalized spacial score (nSPS) is 13.2. The molecule has 0 radical (unpaired) electrons. The van der Waals surface area contributed by atoms with E-state index < -0.39 is 0 Å². The van der Waals surface area contributed by atoms with Crippen LogP contribution in [0.1, 0.15) is 12.5 Å². The molecule has 0 fully saturated rings. The number of rotatable bonds is 6. The maximum Gasteiger partial charge on any atom is 0.0650 e. The Morgan fingerprint density at radius 2 is 2.07 bits per heavy atom. The zero-order valence-corrected chi connectivity index (χ0v) is 10.6. The SMILES string of the molecule is CC(CBr)COCC=Cc1ccccc1. The highest BCUT2D eigenvalue weighted by molar-refractivity contribution is 9.09. The number of halogens is 1. The molecule has 0 spiro atoms. The van der Waals surface area contributed by atoms with Crippen molar-refractivity contribution < 1.29 is 4.74 Å². The summed E-state index contributed by atoms with van der Waals surface area (Å²) >= 11 is 3.42. The lowest BCUT2D eigenvalue weighted by Crippen LogP contribution is -2.06. The lowest BCUT2D eigenvalue weighted by molar-refractivity contribution is 0.137. The van der Waals surface area contributed by atoms with E-state index in [-0.39, 0.29) is 0 Å². The lowest BCUT2D eigenvalue weighted by Gasteiger charge is -2.06. The van der Waals surface area contributed by atoms with E-state index in [9.17, 15) is 0 Å². The van der Waals surface area contributed by atoms with Crippen LogP contribution in [0, 0.1) is 5.92 Å². The number of hydrogen-bond donors (Lipinski definition) is 0. The molecule has 1 aromatic rings. The van der Waals surface area contributed by atoms with E-state index in [0.29, 0.717) is 12.5 Å². The molecule has 0 aliphatic heterocycles. The second-order valence-corrected chi connectivity index (χ2v) is 4.26. The minimum atomic E-state index is 0.579. The molecule has 0 aromatic heterocycles. The van der Waals surface area contributed by atoms with Gasteiger partial charge in [-0.2, -0.15) is 0 Å². The van der Waals surface area contributed by atoms with Gasteiger partial charge in [0.25, 0.3) is 0 Å². The molecule has 0 N–H and O–H groups in total. The van der Waals surface area contributed by atoms with Crippen LogP contribution in [0.3, 0.4) is 0 Å². The lowest BCUT2D eigenvalue weighted by atomic mass is 10.2. The fourth-order valence-electron chi connectivity index (χ4n) is 1.13. The molecule has 0 saturated carbocycles. The molecule has 1 unspecified atom stereocenters. The summed E-state index contributed by atoms with van der Waals surface area (Å²) < 4.78 is 5.49. The van der Waals surface area contributed by atoms with Gasteiger partial charge in [-0.25, -0.2) is 0 Å². The van der Waals surface area contributed by atoms with E-state index >= 15 is 0 Å². The minimum absolute atomic E-state index is 0.579. The predicted octanol–water partition coefficient (Wildman–Crippen LogP) is 3.75. The molecule has 0 heterocycles. The van der Waals surface area contributed by atoms with E-state index in [0.717, 1.165) is 11.9 Å². The topological polar surface area (TPSA) is 9.23 Å². The van der Waals surface area contributed by atoms with Crippen molar-refractivity contribution in [2.24, 2.45) is 5.92 Å². The van der Waals surface area contributed by atoms with Gasteiger partial charge in [-0.1, -0.05) is 65.3 Å². The monoisotopic (exact) mass is 268 g/mol. The number of benzene rings is 1. The summed E-state index contributed by atoms with van der Waals surface area (Å²) in [4.78, 5) is 0. The van der Waals surface area contributed by atoms with Crippen LogP contribution in [0.5, 0.6) is 0 Å². The van der Waals surface area contributed by atoms with E-state index in [2.05, 4.69) is 47.1 Å². The van der Waals surface area contributed by atoms with Crippen molar-refractivity contribution in [3.63, 3.8) is 0 Å². The Morgan fingerprint density at radius 1 is 1.33 bits per heavy atom. The molecule has 2 heteroatoms. The Bertz CT molecular complexity index is 282. The van der Waals surface area contributed by atoms with E-state index in [4.69, 9.17) is 4.74 Å². The first-order chi connectivity index (χ1) is 7.33. The zero-order chi connectivity index (χ0) is 10.9. The molecule has 0 amide bonds. The summed E-state index contributed by atoms with van der Waals surface area (Å²) in [6.45, 7) is 3.66. The van der Waals surface area contributed by atoms with Gasteiger partial charge in [-0.15, -0.1) is 0 Å². The van der Waals surface area contributed by atoms with Crippen LogP contribution >= 0.6 is 15.9 Å². The fourth-order valence-corrected chi connectivity index (χ4v) is 1.32. The first kappa shape index (κ1) is 12.5. The van der Waals surface area contributed by atoms with Crippen molar-refractivity contribution >= 4 is 22.0 Å². The molecule has 1 aromatic carbocycles. The van der Waals surface area contributed by atoms with Gasteiger partial charge in [0.1, 0.15) is 0 Å². The fraction of sp³-hybridized carbons (Fsp3) is 0.385. The zero-order valence-electron chi connectivity index (χ0n) is 9.03. The van der Waals surface area contributed by atoms with Crippen molar-refractivity contribution in [3.8, 4) is 0 Å². The van der Waals surface area contributed by atoms with Crippen LogP contribution in [0.25, 0.3) is 6.08 Å². The molecule has 1 rings (SSSR count). The third-order valence-corrected chi connectivity index (χ3v) is 3.10. The smallest absolute Gasteiger partial charge is 0.0650 e. The molecule has 1 nitrogen and oxygen atoms in total. The molecule has 1 atom stereocenters. The largest absolute Gasteiger partial charge is 0.377 e. The molecule has 82 valence electrons. The Labute approximate surface area is 100 Å². The Morgan fingerprint density at radius 3 is 2.73 bits per heavy atom. The first-order valence-electron chi connectivity index (χ1n) is 5.18. The van der Waals surface area contributed by atoms with Crippen LogP contribution < -0.4 is 0 Å². The van der Waals surface area contributed by atoms with E-state index in [1.165, 1.54) is 5.56 Å². The average molecular weight is 269 g/mol. The highest BCUT2D eigenvalue weighted by atomic mass is 79.9. The van der Waals surface area contributed by atoms with Crippen molar-refractivity contribution in [1.29, 1.82) is 0 Å². The van der Waals surface area contributed by atoms with Crippen LogP contribution in [-0.2, 0) is 4.74 Å². The second-order valence-electron chi connectivity index (χ2n) is 3.61. The average Bonchev–Trinajstić information content (AvgIpc) is 2.29. The molecule has 0 bridgehead atoms. The van der Waals surface area contributed by atoms with Crippen LogP contribution in [0.2, 0.25) is 0 Å². The van der Waals surface area contributed by atoms with Gasteiger partial charge in [0.15, 0.2) is 0 Å². The third-order valence-electron chi connectivity index (χ3n) is 1.99. The highest BCUT2D eigenvalue weighted by Gasteiger charge is 1.97. The Kier molecular flexibility index (Phi) is 6.37. The molecule has 0 saturated heterocycles. The standard InChI is InChI=1S/C13H17BrO/c1-12(10-14)11-15-9-5-8-13-6-3-2-4-7-13/h2-8,12H,9-11H2,1H3. The van der Waals surface area contributed by atoms with Crippen LogP contribution in [0.4, 0.5) is 0 Å². The summed E-state index contributed by atoms with van der Waals surface area (Å²) in [7, 11) is 0. The molecule has 0 aliphatic rings. The summed E-state index contributed by atoms with van der Waals surface area (Å²) in [6, 6.07) is 10.3. The van der Waals surface area contributed by atoms with Gasteiger partial charge in [0, 0.05) is 5.33 Å². The number of ether oxygens (including phenoxy) is 1. The Balaban J connectivity index is 2.18. The quantitative estimate of drug-likeness (QED) is 0.564. The van der Waals surface area contributed by atoms with Gasteiger partial charge < -0.3 is 4.74 Å². The maximum absolute atomic E-state index is 5.49. The summed E-state index contributed by atoms with van der Waals surface area (Å²) in [6.07, 6.45) is 4.13. The first-order valence-corrected chi connectivity index (χ1v) is 6.30. The second kappa shape index (κ2) is 7.66. The van der Waals surface area contributed by atoms with Crippen molar-refractivity contribution in [2.45, 2.75) is 6.92 Å². The van der Waals surface area contributed by atoms with Gasteiger partial charge in [-0.3, -0.25) is 0 Å². The predicted molar refractivity (Wildman–Crippen MR) is 69.3 cm³/mol. The summed E-state index contributed by atoms with van der Waals surface area (Å²) in [5.74, 6) is 0.579. The van der Waals surface area contributed by atoms with E-state index in [1.807, 2.05) is 18.2 Å². The van der Waals surface area contributed by atoms with Crippen molar-refractivity contribution in [2.75, 3.05) is 18.5 Å². The van der Waals surface area contributed by atoms with Crippen molar-refractivity contribution in [3.05, 3.63) is 42.0 Å². The summed E-state index contributed by atoms with van der Waals surface area (Å²) in [5, 5.41) is 0.995. The molecule has 15 heavy (non-hydrogen) atoms. The van der Waals surface area contributed by atoms with Gasteiger partial charge in [-0.05, 0) is 11.5 Å².